The summed E-state index contributed by atoms with van der Waals surface area (Å²) in [5.74, 6) is -3.25. The highest BCUT2D eigenvalue weighted by molar-refractivity contribution is 14.1. The van der Waals surface area contributed by atoms with Crippen LogP contribution in [-0.2, 0) is 4.74 Å². The first kappa shape index (κ1) is 16.3. The summed E-state index contributed by atoms with van der Waals surface area (Å²) in [6.45, 7) is 0. The molecule has 1 aromatic heterocycles. The van der Waals surface area contributed by atoms with Gasteiger partial charge in [-0.25, -0.2) is 13.6 Å². The standard InChI is InChI=1S/C11H10F2N3O4.Al.HI.H/c12-11(13)4-10(3-6(10)18)20-8(11)16-2-1-7(14-5-17)15-9(16)19;;;/h1-2,6,8,18H,3-4H2,(H,14,15,17,19);;1H;/q;+1;;/p-1/t6-,8?,10?;;;/m1.../s1. The van der Waals surface area contributed by atoms with E-state index in [1.807, 2.05) is 20.3 Å². The number of ether oxygens (including phenoxy) is 1. The van der Waals surface area contributed by atoms with Gasteiger partial charge >= 0.3 is 17.6 Å². The van der Waals surface area contributed by atoms with E-state index in [4.69, 9.17) is 4.74 Å². The lowest BCUT2D eigenvalue weighted by Gasteiger charge is -2.19. The third-order valence-corrected chi connectivity index (χ3v) is 6.20. The Bertz CT molecular complexity index is 688. The maximum atomic E-state index is 14.1. The molecule has 1 aliphatic heterocycles. The summed E-state index contributed by atoms with van der Waals surface area (Å²) in [5, 5.41) is 11.9. The lowest BCUT2D eigenvalue weighted by molar-refractivity contribution is -0.123. The van der Waals surface area contributed by atoms with Gasteiger partial charge in [-0.05, 0) is 6.07 Å². The molecule has 22 heavy (non-hydrogen) atoms. The van der Waals surface area contributed by atoms with Gasteiger partial charge in [-0.1, -0.05) is 0 Å². The Morgan fingerprint density at radius 3 is 2.82 bits per heavy atom. The Hall–Kier alpha value is -0.608. The number of hydrogen-bond acceptors (Lipinski definition) is 5. The van der Waals surface area contributed by atoms with Crippen LogP contribution in [0.25, 0.3) is 0 Å². The Kier molecular flexibility index (Phi) is 4.05. The smallest absolute Gasteiger partial charge is 0.390 e. The van der Waals surface area contributed by atoms with Crippen LogP contribution in [0.2, 0.25) is 0 Å². The largest absolute Gasteiger partial charge is 0.467 e. The molecular formula is C11H11AlF2IN3O4. The minimum Gasteiger partial charge on any atom is -0.390 e. The number of carbonyl (C=O) groups is 1. The van der Waals surface area contributed by atoms with Gasteiger partial charge in [0.2, 0.25) is 6.23 Å². The molecule has 1 amide bonds. The van der Waals surface area contributed by atoms with Gasteiger partial charge in [0.15, 0.2) is 0 Å². The number of nitrogens with one attached hydrogen (secondary N) is 1. The molecule has 0 bridgehead atoms. The van der Waals surface area contributed by atoms with Gasteiger partial charge in [-0.2, -0.15) is 25.3 Å². The van der Waals surface area contributed by atoms with Crippen LogP contribution >= 0.6 is 20.3 Å². The molecule has 1 spiro atoms. The van der Waals surface area contributed by atoms with E-state index in [9.17, 15) is 23.5 Å². The zero-order chi connectivity index (χ0) is 16.1. The first-order chi connectivity index (χ1) is 10.3. The summed E-state index contributed by atoms with van der Waals surface area (Å²) in [7, 11) is 0. The number of aliphatic hydroxyl groups is 1. The lowest BCUT2D eigenvalue weighted by atomic mass is 10.1. The number of anilines is 1. The molecule has 2 unspecified atom stereocenters. The fourth-order valence-electron chi connectivity index (χ4n) is 2.52. The summed E-state index contributed by atoms with van der Waals surface area (Å²) in [6, 6.07) is 1.27. The van der Waals surface area contributed by atoms with Crippen molar-refractivity contribution in [3.05, 3.63) is 22.7 Å². The van der Waals surface area contributed by atoms with E-state index in [0.29, 0.717) is 4.57 Å². The second-order valence-electron chi connectivity index (χ2n) is 5.38. The zero-order valence-electron chi connectivity index (χ0n) is 11.1. The maximum absolute atomic E-state index is 14.1. The molecule has 2 aliphatic rings. The molecule has 1 aromatic rings. The van der Waals surface area contributed by atoms with Crippen LogP contribution in [0.5, 0.6) is 0 Å². The third-order valence-electron chi connectivity index (χ3n) is 3.70. The predicted octanol–water partition coefficient (Wildman–Crippen LogP) is 0.619. The van der Waals surface area contributed by atoms with E-state index in [1.54, 1.807) is 0 Å². The van der Waals surface area contributed by atoms with E-state index in [0.717, 1.165) is 6.20 Å². The van der Waals surface area contributed by atoms with E-state index in [2.05, 4.69) is 10.3 Å². The summed E-state index contributed by atoms with van der Waals surface area (Å²) in [6.07, 6.45) is -2.11. The zero-order valence-corrected chi connectivity index (χ0v) is 14.7. The van der Waals surface area contributed by atoms with Crippen molar-refractivity contribution in [3.63, 3.8) is 0 Å². The van der Waals surface area contributed by atoms with Crippen LogP contribution in [0.4, 0.5) is 19.4 Å². The summed E-state index contributed by atoms with van der Waals surface area (Å²) < 4.78 is 33.8. The Balaban J connectivity index is 1.86. The highest BCUT2D eigenvalue weighted by Gasteiger charge is 2.69. The maximum Gasteiger partial charge on any atom is 0.467 e. The normalized spacial score (nSPS) is 32.0. The molecular weight excluding hydrogens is 430 g/mol. The molecule has 3 rings (SSSR count). The quantitative estimate of drug-likeness (QED) is 0.530. The number of halogens is 3. The number of rotatable bonds is 3. The van der Waals surface area contributed by atoms with E-state index < -0.39 is 47.9 Å². The molecule has 1 saturated carbocycles. The van der Waals surface area contributed by atoms with Crippen LogP contribution < -0.4 is 11.0 Å². The number of carbonyl (C=O) groups excluding carboxylic acids is 1. The summed E-state index contributed by atoms with van der Waals surface area (Å²) in [5.41, 5.74) is -2.20. The molecule has 1 aliphatic carbocycles. The molecule has 2 N–H and O–H groups in total. The molecule has 0 aromatic carbocycles. The highest BCUT2D eigenvalue weighted by atomic mass is 127. The number of aromatic nitrogens is 2. The molecule has 11 heteroatoms. The lowest BCUT2D eigenvalue weighted by Crippen LogP contribution is -2.35. The Labute approximate surface area is 140 Å². The molecule has 2 fully saturated rings. The first-order valence-electron chi connectivity index (χ1n) is 6.46. The number of nitrogens with zero attached hydrogens (tertiary/aromatic N) is 2. The number of hydrogen-bond donors (Lipinski definition) is 2. The molecule has 2 heterocycles. The van der Waals surface area contributed by atoms with Crippen molar-refractivity contribution in [1.29, 1.82) is 0 Å². The van der Waals surface area contributed by atoms with Crippen molar-refractivity contribution >= 4 is 42.8 Å². The van der Waals surface area contributed by atoms with E-state index in [1.165, 1.54) is 6.07 Å². The number of aliphatic hydroxyl groups excluding tert-OH is 1. The van der Waals surface area contributed by atoms with Crippen molar-refractivity contribution < 1.29 is 23.4 Å². The fraction of sp³-hybridized carbons (Fsp3) is 0.545. The van der Waals surface area contributed by atoms with Crippen LogP contribution in [0.1, 0.15) is 19.1 Å². The third kappa shape index (κ3) is 2.80. The van der Waals surface area contributed by atoms with Gasteiger partial charge in [0.25, 0.3) is 5.92 Å². The van der Waals surface area contributed by atoms with Crippen molar-refractivity contribution in [2.24, 2.45) is 0 Å². The van der Waals surface area contributed by atoms with Gasteiger partial charge in [-0.15, -0.1) is 0 Å². The second kappa shape index (κ2) is 5.48. The fourth-order valence-corrected chi connectivity index (χ4v) is 3.34. The van der Waals surface area contributed by atoms with Crippen molar-refractivity contribution in [3.8, 4) is 0 Å². The van der Waals surface area contributed by atoms with E-state index >= 15 is 0 Å². The summed E-state index contributed by atoms with van der Waals surface area (Å²) in [4.78, 5) is 26.8. The highest BCUT2D eigenvalue weighted by Crippen LogP contribution is 2.58. The van der Waals surface area contributed by atoms with Gasteiger partial charge in [-0.3, -0.25) is 9.36 Å². The minimum atomic E-state index is -3.27. The molecule has 1 saturated heterocycles. The van der Waals surface area contributed by atoms with Gasteiger partial charge in [0.05, 0.1) is 6.10 Å². The summed E-state index contributed by atoms with van der Waals surface area (Å²) >= 11 is 1.00. The van der Waals surface area contributed by atoms with Gasteiger partial charge in [0.1, 0.15) is 16.2 Å². The number of amides is 1. The minimum absolute atomic E-state index is 0.0258. The topological polar surface area (TPSA) is 93.5 Å². The van der Waals surface area contributed by atoms with Crippen molar-refractivity contribution in [2.75, 3.05) is 5.32 Å². The van der Waals surface area contributed by atoms with Gasteiger partial charge in [0, 0.05) is 19.0 Å². The number of alkyl halides is 2. The monoisotopic (exact) mass is 441 g/mol. The average molecular weight is 441 g/mol. The van der Waals surface area contributed by atoms with Crippen molar-refractivity contribution in [1.82, 2.24) is 9.55 Å². The second-order valence-corrected chi connectivity index (χ2v) is 8.58. The molecule has 3 atom stereocenters. The Morgan fingerprint density at radius 2 is 2.32 bits per heavy atom. The van der Waals surface area contributed by atoms with E-state index in [-0.39, 0.29) is 17.0 Å². The first-order valence-corrected chi connectivity index (χ1v) is 12.3. The Morgan fingerprint density at radius 1 is 1.64 bits per heavy atom. The molecule has 0 radical (unpaired) electrons. The van der Waals surface area contributed by atoms with Crippen molar-refractivity contribution in [2.45, 2.75) is 36.7 Å². The molecule has 7 nitrogen and oxygen atoms in total. The average Bonchev–Trinajstić information content (AvgIpc) is 2.95. The van der Waals surface area contributed by atoms with Crippen LogP contribution in [0.15, 0.2) is 17.1 Å². The molecule has 118 valence electrons. The SMILES string of the molecule is O=[C](Nc1ccn(C2OC3(C[C@H]3O)CC2(F)F)c(=O)n1)[AlH][I]. The van der Waals surface area contributed by atoms with Crippen LogP contribution in [-0.4, -0.2) is 49.0 Å². The van der Waals surface area contributed by atoms with Gasteiger partial charge < -0.3 is 15.2 Å². The predicted molar refractivity (Wildman–Crippen MR) is 81.7 cm³/mol. The van der Waals surface area contributed by atoms with Crippen LogP contribution in [0.3, 0.4) is 0 Å². The van der Waals surface area contributed by atoms with Crippen LogP contribution in [0, 0.1) is 0 Å².